The van der Waals surface area contributed by atoms with E-state index in [9.17, 15) is 27.4 Å². The lowest BCUT2D eigenvalue weighted by atomic mass is 10.2. The maximum absolute atomic E-state index is 14.3. The number of hydrogen-bond donors (Lipinski definition) is 4. The highest BCUT2D eigenvalue weighted by Gasteiger charge is 2.32. The maximum atomic E-state index is 14.3. The van der Waals surface area contributed by atoms with Gasteiger partial charge in [0.15, 0.2) is 6.23 Å². The van der Waals surface area contributed by atoms with E-state index in [1.807, 2.05) is 0 Å². The van der Waals surface area contributed by atoms with Gasteiger partial charge in [0, 0.05) is 11.3 Å². The zero-order valence-electron chi connectivity index (χ0n) is 14.6. The van der Waals surface area contributed by atoms with Gasteiger partial charge in [0.2, 0.25) is 10.0 Å². The van der Waals surface area contributed by atoms with Crippen LogP contribution in [-0.4, -0.2) is 44.0 Å². The van der Waals surface area contributed by atoms with E-state index in [0.717, 1.165) is 18.2 Å². The van der Waals surface area contributed by atoms with Gasteiger partial charge in [-0.25, -0.2) is 21.9 Å². The molecule has 2 aromatic carbocycles. The van der Waals surface area contributed by atoms with Crippen molar-refractivity contribution < 1.29 is 32.1 Å². The summed E-state index contributed by atoms with van der Waals surface area (Å²) in [7, 11) is -4.40. The van der Waals surface area contributed by atoms with Gasteiger partial charge >= 0.3 is 0 Å². The number of rotatable bonds is 6. The van der Waals surface area contributed by atoms with E-state index in [0.29, 0.717) is 0 Å². The predicted molar refractivity (Wildman–Crippen MR) is 102 cm³/mol. The molecule has 3 atom stereocenters. The Morgan fingerprint density at radius 1 is 1.10 bits per heavy atom. The van der Waals surface area contributed by atoms with Crippen LogP contribution in [0.15, 0.2) is 35.2 Å². The lowest BCUT2D eigenvalue weighted by Gasteiger charge is -2.19. The molecule has 3 unspecified atom stereocenters. The molecular formula is C17H16Cl2F2N2O5S. The van der Waals surface area contributed by atoms with Gasteiger partial charge in [-0.3, -0.25) is 0 Å². The molecule has 4 N–H and O–H groups in total. The Morgan fingerprint density at radius 2 is 1.83 bits per heavy atom. The standard InChI is InChI=1S/C17H16Cl2F2N2O5S/c18-10-5-13(21)16(29(26,27)23-14-6-28-7-15(14)24)4-9(10)17(25)22-8-1-2-12(20)11(19)3-8/h1-5,14-15,17,22-25H,6-7H2. The molecule has 12 heteroatoms. The Morgan fingerprint density at radius 3 is 2.45 bits per heavy atom. The minimum atomic E-state index is -4.40. The summed E-state index contributed by atoms with van der Waals surface area (Å²) in [6.45, 7) is -0.123. The number of ether oxygens (including phenoxy) is 1. The number of nitrogens with one attached hydrogen (secondary N) is 2. The Kier molecular flexibility index (Phi) is 6.64. The summed E-state index contributed by atoms with van der Waals surface area (Å²) in [5, 5.41) is 22.2. The summed E-state index contributed by atoms with van der Waals surface area (Å²) in [5.74, 6) is -1.80. The number of aliphatic hydroxyl groups is 2. The number of anilines is 1. The molecule has 1 aliphatic rings. The maximum Gasteiger partial charge on any atom is 0.243 e. The van der Waals surface area contributed by atoms with Crippen molar-refractivity contribution in [2.24, 2.45) is 0 Å². The van der Waals surface area contributed by atoms with Crippen LogP contribution in [0.2, 0.25) is 10.0 Å². The normalized spacial score (nSPS) is 20.6. The number of halogens is 4. The Hall–Kier alpha value is -1.53. The largest absolute Gasteiger partial charge is 0.389 e. The second-order valence-corrected chi connectivity index (χ2v) is 8.81. The van der Waals surface area contributed by atoms with Crippen LogP contribution < -0.4 is 10.0 Å². The summed E-state index contributed by atoms with van der Waals surface area (Å²) < 4.78 is 59.8. The molecule has 1 fully saturated rings. The topological polar surface area (TPSA) is 108 Å². The van der Waals surface area contributed by atoms with Gasteiger partial charge in [0.1, 0.15) is 16.5 Å². The first-order valence-corrected chi connectivity index (χ1v) is 10.5. The Labute approximate surface area is 175 Å². The molecule has 7 nitrogen and oxygen atoms in total. The third kappa shape index (κ3) is 4.97. The molecule has 0 aromatic heterocycles. The highest BCUT2D eigenvalue weighted by molar-refractivity contribution is 7.89. The van der Waals surface area contributed by atoms with Crippen molar-refractivity contribution in [3.63, 3.8) is 0 Å². The van der Waals surface area contributed by atoms with Gasteiger partial charge in [-0.2, -0.15) is 0 Å². The summed E-state index contributed by atoms with van der Waals surface area (Å²) >= 11 is 11.6. The van der Waals surface area contributed by atoms with Gasteiger partial charge in [0.05, 0.1) is 35.4 Å². The van der Waals surface area contributed by atoms with Crippen LogP contribution in [-0.2, 0) is 14.8 Å². The van der Waals surface area contributed by atoms with Gasteiger partial charge in [-0.15, -0.1) is 0 Å². The van der Waals surface area contributed by atoms with E-state index < -0.39 is 44.9 Å². The lowest BCUT2D eigenvalue weighted by Crippen LogP contribution is -2.42. The summed E-state index contributed by atoms with van der Waals surface area (Å²) in [5.41, 5.74) is 0.0789. The fourth-order valence-corrected chi connectivity index (χ4v) is 4.48. The van der Waals surface area contributed by atoms with Crippen LogP contribution in [0.3, 0.4) is 0 Å². The Bertz CT molecular complexity index is 1030. The molecule has 0 aliphatic carbocycles. The number of hydrogen-bond acceptors (Lipinski definition) is 6. The van der Waals surface area contributed by atoms with Crippen molar-refractivity contribution >= 4 is 38.9 Å². The molecule has 1 heterocycles. The van der Waals surface area contributed by atoms with E-state index in [1.165, 1.54) is 12.1 Å². The van der Waals surface area contributed by atoms with Crippen molar-refractivity contribution in [1.82, 2.24) is 4.72 Å². The first-order valence-electron chi connectivity index (χ1n) is 8.25. The first kappa shape index (κ1) is 22.2. The average molecular weight is 469 g/mol. The molecule has 158 valence electrons. The van der Waals surface area contributed by atoms with Crippen LogP contribution in [0.4, 0.5) is 14.5 Å². The quantitative estimate of drug-likeness (QED) is 0.485. The molecule has 29 heavy (non-hydrogen) atoms. The summed E-state index contributed by atoms with van der Waals surface area (Å²) in [6.07, 6.45) is -2.63. The van der Waals surface area contributed by atoms with Gasteiger partial charge in [0.25, 0.3) is 0 Å². The van der Waals surface area contributed by atoms with Gasteiger partial charge in [-0.1, -0.05) is 23.2 Å². The van der Waals surface area contributed by atoms with Crippen molar-refractivity contribution in [1.29, 1.82) is 0 Å². The minimum absolute atomic E-state index is 0.0512. The molecule has 0 saturated carbocycles. The highest BCUT2D eigenvalue weighted by atomic mass is 35.5. The molecule has 0 radical (unpaired) electrons. The van der Waals surface area contributed by atoms with Gasteiger partial charge in [-0.05, 0) is 30.3 Å². The van der Waals surface area contributed by atoms with Crippen molar-refractivity contribution in [2.45, 2.75) is 23.3 Å². The van der Waals surface area contributed by atoms with E-state index >= 15 is 0 Å². The summed E-state index contributed by atoms with van der Waals surface area (Å²) in [4.78, 5) is -0.769. The smallest absolute Gasteiger partial charge is 0.243 e. The predicted octanol–water partition coefficient (Wildman–Crippen LogP) is 2.41. The van der Waals surface area contributed by atoms with Crippen LogP contribution in [0.5, 0.6) is 0 Å². The van der Waals surface area contributed by atoms with Crippen LogP contribution in [0, 0.1) is 11.6 Å². The number of aliphatic hydroxyl groups excluding tert-OH is 2. The SMILES string of the molecule is O=S(=O)(NC1COCC1O)c1cc(C(O)Nc2ccc(F)c(Cl)c2)c(Cl)cc1F. The van der Waals surface area contributed by atoms with E-state index in [-0.39, 0.29) is 34.5 Å². The third-order valence-electron chi connectivity index (χ3n) is 4.22. The van der Waals surface area contributed by atoms with E-state index in [4.69, 9.17) is 27.9 Å². The van der Waals surface area contributed by atoms with Crippen molar-refractivity contribution in [2.75, 3.05) is 18.5 Å². The monoisotopic (exact) mass is 468 g/mol. The number of benzene rings is 2. The van der Waals surface area contributed by atoms with Crippen LogP contribution >= 0.6 is 23.2 Å². The molecular weight excluding hydrogens is 453 g/mol. The Balaban J connectivity index is 1.89. The lowest BCUT2D eigenvalue weighted by molar-refractivity contribution is 0.124. The first-order chi connectivity index (χ1) is 13.6. The van der Waals surface area contributed by atoms with Crippen molar-refractivity contribution in [3.05, 3.63) is 57.6 Å². The molecule has 0 spiro atoms. The van der Waals surface area contributed by atoms with Crippen molar-refractivity contribution in [3.8, 4) is 0 Å². The van der Waals surface area contributed by atoms with E-state index in [2.05, 4.69) is 10.0 Å². The molecule has 2 aromatic rings. The molecule has 3 rings (SSSR count). The van der Waals surface area contributed by atoms with E-state index in [1.54, 1.807) is 0 Å². The fraction of sp³-hybridized carbons (Fsp3) is 0.294. The molecule has 0 amide bonds. The molecule has 1 aliphatic heterocycles. The second-order valence-electron chi connectivity index (χ2n) is 6.31. The van der Waals surface area contributed by atoms with Crippen LogP contribution in [0.25, 0.3) is 0 Å². The minimum Gasteiger partial charge on any atom is -0.389 e. The third-order valence-corrected chi connectivity index (χ3v) is 6.34. The number of sulfonamides is 1. The summed E-state index contributed by atoms with van der Waals surface area (Å²) in [6, 6.07) is 4.24. The average Bonchev–Trinajstić information content (AvgIpc) is 3.02. The molecule has 0 bridgehead atoms. The second kappa shape index (κ2) is 8.68. The fourth-order valence-electron chi connectivity index (χ4n) is 2.70. The highest BCUT2D eigenvalue weighted by Crippen LogP contribution is 2.30. The molecule has 1 saturated heterocycles. The van der Waals surface area contributed by atoms with Gasteiger partial charge < -0.3 is 20.3 Å². The zero-order chi connectivity index (χ0) is 21.3. The van der Waals surface area contributed by atoms with Crippen LogP contribution in [0.1, 0.15) is 11.8 Å². The zero-order valence-corrected chi connectivity index (χ0v) is 16.9.